The van der Waals surface area contributed by atoms with Crippen LogP contribution in [0, 0.1) is 0 Å². The van der Waals surface area contributed by atoms with Crippen LogP contribution >= 0.6 is 0 Å². The van der Waals surface area contributed by atoms with Gasteiger partial charge >= 0.3 is 0 Å². The van der Waals surface area contributed by atoms with Gasteiger partial charge < -0.3 is 10.1 Å². The van der Waals surface area contributed by atoms with Gasteiger partial charge in [-0.15, -0.1) is 10.2 Å². The lowest BCUT2D eigenvalue weighted by Crippen LogP contribution is -2.14. The third-order valence-electron chi connectivity index (χ3n) is 3.96. The fraction of sp³-hybridized carbons (Fsp3) is 0.0526. The van der Waals surface area contributed by atoms with Gasteiger partial charge in [-0.25, -0.2) is 9.97 Å². The Kier molecular flexibility index (Phi) is 4.70. The summed E-state index contributed by atoms with van der Waals surface area (Å²) in [6, 6.07) is 10.8. The van der Waals surface area contributed by atoms with E-state index in [1.165, 1.54) is 19.5 Å². The van der Waals surface area contributed by atoms with Crippen molar-refractivity contribution in [1.29, 1.82) is 0 Å². The van der Waals surface area contributed by atoms with E-state index in [-0.39, 0.29) is 5.91 Å². The molecule has 0 bridgehead atoms. The number of hydrogen-bond donors (Lipinski definition) is 1. The number of benzene rings is 1. The van der Waals surface area contributed by atoms with Crippen molar-refractivity contribution in [2.24, 2.45) is 0 Å². The predicted molar refractivity (Wildman–Crippen MR) is 101 cm³/mol. The SMILES string of the molecule is COc1ccc(-n2cnnc2)cc1NC(=O)c1cnc(-c2ccccn2)nc1. The Labute approximate surface area is 160 Å². The molecule has 138 valence electrons. The van der Waals surface area contributed by atoms with Crippen LogP contribution in [0.4, 0.5) is 5.69 Å². The van der Waals surface area contributed by atoms with Crippen molar-refractivity contribution in [3.05, 3.63) is 73.2 Å². The summed E-state index contributed by atoms with van der Waals surface area (Å²) in [5.74, 6) is 0.618. The molecule has 1 amide bonds. The third-order valence-corrected chi connectivity index (χ3v) is 3.96. The molecule has 0 spiro atoms. The summed E-state index contributed by atoms with van der Waals surface area (Å²) in [5.41, 5.74) is 2.24. The number of pyridine rings is 1. The molecule has 0 aliphatic carbocycles. The largest absolute Gasteiger partial charge is 0.495 e. The Morgan fingerprint density at radius 1 is 1.04 bits per heavy atom. The second kappa shape index (κ2) is 7.62. The smallest absolute Gasteiger partial charge is 0.258 e. The van der Waals surface area contributed by atoms with Gasteiger partial charge in [0.2, 0.25) is 0 Å². The van der Waals surface area contributed by atoms with Crippen LogP contribution in [0.15, 0.2) is 67.6 Å². The van der Waals surface area contributed by atoms with Crippen LogP contribution in [0.5, 0.6) is 5.75 Å². The molecule has 4 aromatic rings. The van der Waals surface area contributed by atoms with E-state index < -0.39 is 0 Å². The first-order chi connectivity index (χ1) is 13.7. The predicted octanol–water partition coefficient (Wildman–Crippen LogP) is 2.38. The molecule has 0 unspecified atom stereocenters. The van der Waals surface area contributed by atoms with E-state index in [1.807, 2.05) is 18.2 Å². The van der Waals surface area contributed by atoms with Crippen LogP contribution in [0.3, 0.4) is 0 Å². The van der Waals surface area contributed by atoms with Crippen molar-refractivity contribution in [1.82, 2.24) is 29.7 Å². The molecule has 0 aliphatic rings. The number of nitrogens with one attached hydrogen (secondary N) is 1. The molecule has 3 heterocycles. The Bertz CT molecular complexity index is 1080. The highest BCUT2D eigenvalue weighted by molar-refractivity contribution is 6.04. The summed E-state index contributed by atoms with van der Waals surface area (Å²) in [6.07, 6.45) is 7.72. The van der Waals surface area contributed by atoms with Gasteiger partial charge in [0.1, 0.15) is 24.1 Å². The van der Waals surface area contributed by atoms with Gasteiger partial charge in [-0.1, -0.05) is 6.07 Å². The second-order valence-corrected chi connectivity index (χ2v) is 5.72. The highest BCUT2D eigenvalue weighted by Crippen LogP contribution is 2.27. The van der Waals surface area contributed by atoms with Gasteiger partial charge in [0.05, 0.1) is 24.0 Å². The summed E-state index contributed by atoms with van der Waals surface area (Å²) in [5, 5.41) is 10.4. The van der Waals surface area contributed by atoms with E-state index in [4.69, 9.17) is 4.74 Å². The maximum Gasteiger partial charge on any atom is 0.258 e. The first-order valence-corrected chi connectivity index (χ1v) is 8.32. The third kappa shape index (κ3) is 3.54. The lowest BCUT2D eigenvalue weighted by atomic mass is 10.2. The second-order valence-electron chi connectivity index (χ2n) is 5.72. The summed E-state index contributed by atoms with van der Waals surface area (Å²) in [7, 11) is 1.54. The van der Waals surface area contributed by atoms with E-state index in [9.17, 15) is 4.79 Å². The number of ether oxygens (including phenoxy) is 1. The van der Waals surface area contributed by atoms with Gasteiger partial charge in [0, 0.05) is 18.6 Å². The van der Waals surface area contributed by atoms with Crippen molar-refractivity contribution in [2.75, 3.05) is 12.4 Å². The molecule has 9 heteroatoms. The molecule has 0 saturated heterocycles. The number of methoxy groups -OCH3 is 1. The topological polar surface area (TPSA) is 108 Å². The minimum atomic E-state index is -0.355. The van der Waals surface area contributed by atoms with Crippen LogP contribution in [0.1, 0.15) is 10.4 Å². The van der Waals surface area contributed by atoms with Crippen LogP contribution in [-0.4, -0.2) is 42.7 Å². The quantitative estimate of drug-likeness (QED) is 0.572. The number of amides is 1. The van der Waals surface area contributed by atoms with Crippen molar-refractivity contribution in [3.8, 4) is 23.0 Å². The van der Waals surface area contributed by atoms with Crippen LogP contribution in [0.25, 0.3) is 17.2 Å². The lowest BCUT2D eigenvalue weighted by molar-refractivity contribution is 0.102. The molecule has 0 fully saturated rings. The first kappa shape index (κ1) is 17.3. The number of carbonyl (C=O) groups is 1. The normalized spacial score (nSPS) is 10.5. The molecule has 9 nitrogen and oxygen atoms in total. The van der Waals surface area contributed by atoms with Crippen molar-refractivity contribution in [3.63, 3.8) is 0 Å². The fourth-order valence-electron chi connectivity index (χ4n) is 2.56. The Morgan fingerprint density at radius 3 is 2.50 bits per heavy atom. The van der Waals surface area contributed by atoms with Gasteiger partial charge in [0.25, 0.3) is 5.91 Å². The van der Waals surface area contributed by atoms with Crippen LogP contribution < -0.4 is 10.1 Å². The molecule has 1 aromatic carbocycles. The maximum absolute atomic E-state index is 12.6. The average Bonchev–Trinajstić information content (AvgIpc) is 3.29. The fourth-order valence-corrected chi connectivity index (χ4v) is 2.56. The van der Waals surface area contributed by atoms with Gasteiger partial charge in [0.15, 0.2) is 5.82 Å². The molecule has 0 atom stereocenters. The molecule has 0 aliphatic heterocycles. The van der Waals surface area contributed by atoms with Crippen molar-refractivity contribution >= 4 is 11.6 Å². The number of rotatable bonds is 5. The summed E-state index contributed by atoms with van der Waals surface area (Å²) in [4.78, 5) is 25.3. The average molecular weight is 373 g/mol. The van der Waals surface area contributed by atoms with E-state index in [1.54, 1.807) is 41.6 Å². The maximum atomic E-state index is 12.6. The molecule has 0 saturated carbocycles. The molecule has 0 radical (unpaired) electrons. The van der Waals surface area contributed by atoms with E-state index in [2.05, 4.69) is 30.5 Å². The Morgan fingerprint density at radius 2 is 1.82 bits per heavy atom. The number of hydrogen-bond acceptors (Lipinski definition) is 7. The van der Waals surface area contributed by atoms with Crippen LogP contribution in [-0.2, 0) is 0 Å². The number of aromatic nitrogens is 6. The number of nitrogens with zero attached hydrogens (tertiary/aromatic N) is 6. The summed E-state index contributed by atoms with van der Waals surface area (Å²) in [6.45, 7) is 0. The zero-order valence-corrected chi connectivity index (χ0v) is 14.9. The highest BCUT2D eigenvalue weighted by Gasteiger charge is 2.13. The molecule has 1 N–H and O–H groups in total. The zero-order chi connectivity index (χ0) is 19.3. The van der Waals surface area contributed by atoms with Crippen molar-refractivity contribution in [2.45, 2.75) is 0 Å². The summed E-state index contributed by atoms with van der Waals surface area (Å²) >= 11 is 0. The summed E-state index contributed by atoms with van der Waals surface area (Å²) < 4.78 is 7.06. The standard InChI is InChI=1S/C19H15N7O2/c1-28-17-6-5-14(26-11-23-24-12-26)8-16(17)25-19(27)13-9-21-18(22-10-13)15-4-2-3-7-20-15/h2-12H,1H3,(H,25,27). The lowest BCUT2D eigenvalue weighted by Gasteiger charge is -2.12. The molecular weight excluding hydrogens is 358 g/mol. The van der Waals surface area contributed by atoms with Gasteiger partial charge in [-0.2, -0.15) is 0 Å². The number of carbonyl (C=O) groups excluding carboxylic acids is 1. The van der Waals surface area contributed by atoms with Gasteiger partial charge in [-0.05, 0) is 30.3 Å². The minimum absolute atomic E-state index is 0.316. The Balaban J connectivity index is 1.57. The Hall–Kier alpha value is -4.14. The minimum Gasteiger partial charge on any atom is -0.495 e. The van der Waals surface area contributed by atoms with Crippen LogP contribution in [0.2, 0.25) is 0 Å². The van der Waals surface area contributed by atoms with Crippen molar-refractivity contribution < 1.29 is 9.53 Å². The molecule has 3 aromatic heterocycles. The zero-order valence-electron chi connectivity index (χ0n) is 14.9. The monoisotopic (exact) mass is 373 g/mol. The molecular formula is C19H15N7O2. The van der Waals surface area contributed by atoms with E-state index >= 15 is 0 Å². The molecule has 28 heavy (non-hydrogen) atoms. The molecule has 4 rings (SSSR count). The van der Waals surface area contributed by atoms with E-state index in [0.29, 0.717) is 28.5 Å². The van der Waals surface area contributed by atoms with E-state index in [0.717, 1.165) is 5.69 Å². The first-order valence-electron chi connectivity index (χ1n) is 8.32. The van der Waals surface area contributed by atoms with Gasteiger partial charge in [-0.3, -0.25) is 14.3 Å². The number of anilines is 1. The highest BCUT2D eigenvalue weighted by atomic mass is 16.5.